The number of aldehydes is 1. The van der Waals surface area contributed by atoms with E-state index in [0.717, 1.165) is 23.1 Å². The minimum absolute atomic E-state index is 0.0908. The van der Waals surface area contributed by atoms with Gasteiger partial charge < -0.3 is 14.8 Å². The lowest BCUT2D eigenvalue weighted by Gasteiger charge is -2.18. The lowest BCUT2D eigenvalue weighted by atomic mass is 10.0. The van der Waals surface area contributed by atoms with E-state index in [1.54, 1.807) is 0 Å². The first-order chi connectivity index (χ1) is 15.0. The Labute approximate surface area is 178 Å². The number of nitro groups is 1. The van der Waals surface area contributed by atoms with Crippen molar-refractivity contribution in [2.24, 2.45) is 10.2 Å². The van der Waals surface area contributed by atoms with Crippen LogP contribution in [0.1, 0.15) is 23.1 Å². The summed E-state index contributed by atoms with van der Waals surface area (Å²) in [6.45, 7) is 2.19. The van der Waals surface area contributed by atoms with Crippen LogP contribution in [0.4, 0.5) is 17.1 Å². The Balaban J connectivity index is 1.99. The van der Waals surface area contributed by atoms with Crippen LogP contribution in [0.5, 0.6) is 0 Å². The monoisotopic (exact) mass is 420 g/mol. The molecule has 158 valence electrons. The molecule has 0 aliphatic carbocycles. The van der Waals surface area contributed by atoms with Gasteiger partial charge in [0.1, 0.15) is 30.9 Å². The molecule has 0 radical (unpaired) electrons. The fourth-order valence-electron chi connectivity index (χ4n) is 2.76. The van der Waals surface area contributed by atoms with Crippen LogP contribution in [0.15, 0.2) is 46.6 Å². The van der Waals surface area contributed by atoms with Crippen LogP contribution in [0, 0.1) is 39.7 Å². The zero-order chi connectivity index (χ0) is 22.6. The Kier molecular flexibility index (Phi) is 8.77. The molecule has 1 unspecified atom stereocenters. The minimum Gasteiger partial charge on any atom is -0.360 e. The number of azo groups is 1. The van der Waals surface area contributed by atoms with Crippen LogP contribution in [-0.2, 0) is 16.0 Å². The number of hydrogen-bond donors (Lipinski definition) is 1. The number of ether oxygens (including phenoxy) is 1. The van der Waals surface area contributed by atoms with Gasteiger partial charge >= 0.3 is 0 Å². The van der Waals surface area contributed by atoms with Gasteiger partial charge in [-0.3, -0.25) is 10.1 Å². The molecular formula is C21H20N6O4. The Morgan fingerprint density at radius 1 is 1.29 bits per heavy atom. The summed E-state index contributed by atoms with van der Waals surface area (Å²) in [5.74, 6) is 0. The third kappa shape index (κ3) is 6.99. The fraction of sp³-hybridized carbons (Fsp3) is 0.286. The molecule has 2 aromatic carbocycles. The summed E-state index contributed by atoms with van der Waals surface area (Å²) in [7, 11) is 0. The van der Waals surface area contributed by atoms with Gasteiger partial charge in [-0.25, -0.2) is 0 Å². The molecule has 0 heterocycles. The van der Waals surface area contributed by atoms with Crippen molar-refractivity contribution < 1.29 is 14.5 Å². The normalized spacial score (nSPS) is 11.5. The molecule has 0 saturated carbocycles. The predicted molar refractivity (Wildman–Crippen MR) is 112 cm³/mol. The van der Waals surface area contributed by atoms with Crippen molar-refractivity contribution in [1.29, 1.82) is 10.5 Å². The number of benzene rings is 2. The maximum Gasteiger partial charge on any atom is 0.270 e. The number of nitriles is 2. The minimum atomic E-state index is -0.577. The number of aryl methyl sites for hydroxylation is 1. The number of non-ortho nitro benzene ring substituents is 1. The molecular weight excluding hydrogens is 400 g/mol. The first-order valence-corrected chi connectivity index (χ1v) is 9.32. The summed E-state index contributed by atoms with van der Waals surface area (Å²) in [5.41, 5.74) is 3.00. The zero-order valence-electron chi connectivity index (χ0n) is 16.8. The smallest absolute Gasteiger partial charge is 0.270 e. The average molecular weight is 420 g/mol. The Morgan fingerprint density at radius 3 is 2.74 bits per heavy atom. The number of rotatable bonds is 11. The molecule has 1 N–H and O–H groups in total. The summed E-state index contributed by atoms with van der Waals surface area (Å²) in [6.07, 6.45) is 0.875. The second-order valence-corrected chi connectivity index (χ2v) is 6.43. The largest absolute Gasteiger partial charge is 0.360 e. The van der Waals surface area contributed by atoms with Crippen LogP contribution < -0.4 is 5.32 Å². The van der Waals surface area contributed by atoms with Crippen molar-refractivity contribution >= 4 is 23.3 Å². The molecule has 0 amide bonds. The van der Waals surface area contributed by atoms with Crippen molar-refractivity contribution in [3.05, 3.63) is 63.2 Å². The van der Waals surface area contributed by atoms with Crippen LogP contribution in [0.3, 0.4) is 0 Å². The number of hydrogen-bond acceptors (Lipinski definition) is 9. The highest BCUT2D eigenvalue weighted by atomic mass is 16.6. The van der Waals surface area contributed by atoms with E-state index in [-0.39, 0.29) is 30.0 Å². The van der Waals surface area contributed by atoms with Gasteiger partial charge in [-0.2, -0.15) is 20.8 Å². The van der Waals surface area contributed by atoms with Crippen LogP contribution in [-0.4, -0.2) is 30.6 Å². The number of nitro benzene ring substituents is 1. The summed E-state index contributed by atoms with van der Waals surface area (Å²) >= 11 is 0. The van der Waals surface area contributed by atoms with Gasteiger partial charge in [-0.15, -0.1) is 0 Å². The molecule has 10 heteroatoms. The Bertz CT molecular complexity index is 1050. The van der Waals surface area contributed by atoms with Gasteiger partial charge in [0.15, 0.2) is 0 Å². The number of carbonyl (C=O) groups is 1. The third-order valence-electron chi connectivity index (χ3n) is 4.30. The van der Waals surface area contributed by atoms with E-state index in [1.807, 2.05) is 37.3 Å². The summed E-state index contributed by atoms with van der Waals surface area (Å²) in [5, 5.41) is 39.7. The van der Waals surface area contributed by atoms with Crippen molar-refractivity contribution in [1.82, 2.24) is 0 Å². The highest BCUT2D eigenvalue weighted by Crippen LogP contribution is 2.24. The van der Waals surface area contributed by atoms with Crippen LogP contribution in [0.25, 0.3) is 0 Å². The molecule has 0 aliphatic heterocycles. The fourth-order valence-corrected chi connectivity index (χ4v) is 2.76. The Hall–Kier alpha value is -4.15. The van der Waals surface area contributed by atoms with Crippen LogP contribution in [0.2, 0.25) is 0 Å². The summed E-state index contributed by atoms with van der Waals surface area (Å²) in [6, 6.07) is 13.3. The lowest BCUT2D eigenvalue weighted by molar-refractivity contribution is -0.384. The maximum absolute atomic E-state index is 10.8. The van der Waals surface area contributed by atoms with Crippen molar-refractivity contribution in [3.8, 4) is 12.1 Å². The second-order valence-electron chi connectivity index (χ2n) is 6.43. The van der Waals surface area contributed by atoms with Crippen molar-refractivity contribution in [2.75, 3.05) is 18.5 Å². The molecule has 31 heavy (non-hydrogen) atoms. The van der Waals surface area contributed by atoms with E-state index in [9.17, 15) is 14.9 Å². The molecule has 0 saturated heterocycles. The van der Waals surface area contributed by atoms with Crippen molar-refractivity contribution in [2.45, 2.75) is 26.0 Å². The first-order valence-electron chi connectivity index (χ1n) is 9.32. The number of anilines is 1. The molecule has 2 aromatic rings. The predicted octanol–water partition coefficient (Wildman–Crippen LogP) is 3.97. The summed E-state index contributed by atoms with van der Waals surface area (Å²) < 4.78 is 5.28. The van der Waals surface area contributed by atoms with E-state index >= 15 is 0 Å². The van der Waals surface area contributed by atoms with Crippen LogP contribution >= 0.6 is 0 Å². The number of carbonyl (C=O) groups excluding carboxylic acids is 1. The average Bonchev–Trinajstić information content (AvgIpc) is 2.76. The third-order valence-corrected chi connectivity index (χ3v) is 4.30. The molecule has 2 rings (SSSR count). The zero-order valence-corrected chi connectivity index (χ0v) is 16.8. The standard InChI is InChI=1S/C21H20N6O4/c1-15-12-18(25-21(7-10-28)31-11-8-22)3-2-16(15)6-9-24-26-20-5-4-19(27(29)30)13-17(20)14-23/h2-5,10,12-13,21,25H,6-7,9,11H2,1H3. The van der Waals surface area contributed by atoms with E-state index < -0.39 is 11.2 Å². The molecule has 1 atom stereocenters. The van der Waals surface area contributed by atoms with E-state index in [1.165, 1.54) is 18.2 Å². The highest BCUT2D eigenvalue weighted by molar-refractivity contribution is 5.57. The van der Waals surface area contributed by atoms with E-state index in [4.69, 9.17) is 15.3 Å². The molecule has 0 aromatic heterocycles. The van der Waals surface area contributed by atoms with E-state index in [2.05, 4.69) is 15.5 Å². The molecule has 0 spiro atoms. The topological polar surface area (TPSA) is 154 Å². The van der Waals surface area contributed by atoms with Gasteiger partial charge in [0.05, 0.1) is 23.1 Å². The number of nitrogens with one attached hydrogen (secondary N) is 1. The lowest BCUT2D eigenvalue weighted by Crippen LogP contribution is -2.24. The van der Waals surface area contributed by atoms with Gasteiger partial charge in [-0.05, 0) is 42.7 Å². The Morgan fingerprint density at radius 2 is 2.10 bits per heavy atom. The second kappa shape index (κ2) is 11.8. The highest BCUT2D eigenvalue weighted by Gasteiger charge is 2.11. The molecule has 0 bridgehead atoms. The summed E-state index contributed by atoms with van der Waals surface area (Å²) in [4.78, 5) is 21.0. The van der Waals surface area contributed by atoms with Gasteiger partial charge in [0, 0.05) is 24.2 Å². The molecule has 10 nitrogen and oxygen atoms in total. The number of nitrogens with zero attached hydrogens (tertiary/aromatic N) is 5. The van der Waals surface area contributed by atoms with E-state index in [0.29, 0.717) is 13.0 Å². The molecule has 0 aliphatic rings. The van der Waals surface area contributed by atoms with Gasteiger partial charge in [0.25, 0.3) is 5.69 Å². The quantitative estimate of drug-likeness (QED) is 0.190. The van der Waals surface area contributed by atoms with Crippen molar-refractivity contribution in [3.63, 3.8) is 0 Å². The SMILES string of the molecule is Cc1cc(NC(CC=O)OCC#N)ccc1CCN=Nc1ccc([N+](=O)[O-])cc1C#N. The van der Waals surface area contributed by atoms with Gasteiger partial charge in [-0.1, -0.05) is 6.07 Å². The molecule has 0 fully saturated rings. The first kappa shape index (κ1) is 23.1. The van der Waals surface area contributed by atoms with Gasteiger partial charge in [0.2, 0.25) is 0 Å². The maximum atomic E-state index is 10.8.